The van der Waals surface area contributed by atoms with Crippen molar-refractivity contribution in [3.8, 4) is 0 Å². The summed E-state index contributed by atoms with van der Waals surface area (Å²) < 4.78 is 1.90. The van der Waals surface area contributed by atoms with Crippen LogP contribution in [0.3, 0.4) is 0 Å². The number of thiol groups is 1. The molecule has 1 aromatic heterocycles. The van der Waals surface area contributed by atoms with Crippen molar-refractivity contribution in [3.05, 3.63) is 17.5 Å². The van der Waals surface area contributed by atoms with Gasteiger partial charge < -0.3 is 0 Å². The highest BCUT2D eigenvalue weighted by molar-refractivity contribution is 7.80. The van der Waals surface area contributed by atoms with Gasteiger partial charge in [-0.15, -0.1) is 0 Å². The second-order valence-corrected chi connectivity index (χ2v) is 4.92. The lowest BCUT2D eigenvalue weighted by Crippen LogP contribution is -2.42. The molecule has 0 spiro atoms. The standard InChI is InChI=1S/C10H17N3S/c1-10(2,7-14)13-5-8-4-12(3)11-9(8)6-13/h4,14H,5-7H2,1-3H3. The fourth-order valence-corrected chi connectivity index (χ4v) is 2.02. The lowest BCUT2D eigenvalue weighted by Gasteiger charge is -2.33. The molecular formula is C10H17N3S. The van der Waals surface area contributed by atoms with Crippen LogP contribution >= 0.6 is 12.6 Å². The SMILES string of the molecule is Cn1cc2c(n1)CN(C(C)(C)CS)C2. The van der Waals surface area contributed by atoms with Gasteiger partial charge in [0.2, 0.25) is 0 Å². The van der Waals surface area contributed by atoms with E-state index < -0.39 is 0 Å². The molecule has 0 N–H and O–H groups in total. The summed E-state index contributed by atoms with van der Waals surface area (Å²) in [5.74, 6) is 0.878. The molecule has 2 rings (SSSR count). The highest BCUT2D eigenvalue weighted by Gasteiger charge is 2.32. The number of aromatic nitrogens is 2. The molecule has 1 aromatic rings. The summed E-state index contributed by atoms with van der Waals surface area (Å²) in [6.07, 6.45) is 2.12. The molecule has 0 aliphatic carbocycles. The van der Waals surface area contributed by atoms with Crippen molar-refractivity contribution in [2.45, 2.75) is 32.5 Å². The third kappa shape index (κ3) is 1.57. The average Bonchev–Trinajstić information content (AvgIpc) is 2.61. The number of hydrogen-bond donors (Lipinski definition) is 1. The van der Waals surface area contributed by atoms with Crippen LogP contribution in [0.5, 0.6) is 0 Å². The molecule has 0 radical (unpaired) electrons. The Morgan fingerprint density at radius 2 is 2.21 bits per heavy atom. The van der Waals surface area contributed by atoms with Gasteiger partial charge in [0.1, 0.15) is 0 Å². The molecule has 0 atom stereocenters. The van der Waals surface area contributed by atoms with Gasteiger partial charge in [0.15, 0.2) is 0 Å². The monoisotopic (exact) mass is 211 g/mol. The van der Waals surface area contributed by atoms with E-state index in [4.69, 9.17) is 0 Å². The van der Waals surface area contributed by atoms with E-state index in [1.54, 1.807) is 0 Å². The van der Waals surface area contributed by atoms with Crippen LogP contribution in [0.25, 0.3) is 0 Å². The molecule has 78 valence electrons. The quantitative estimate of drug-likeness (QED) is 0.747. The Morgan fingerprint density at radius 1 is 1.50 bits per heavy atom. The maximum atomic E-state index is 4.44. The molecule has 0 saturated carbocycles. The van der Waals surface area contributed by atoms with Gasteiger partial charge in [-0.25, -0.2) is 0 Å². The number of aryl methyl sites for hydroxylation is 1. The summed E-state index contributed by atoms with van der Waals surface area (Å²) in [5.41, 5.74) is 2.75. The molecule has 0 aromatic carbocycles. The van der Waals surface area contributed by atoms with Crippen LogP contribution in [-0.2, 0) is 20.1 Å². The molecule has 4 heteroatoms. The van der Waals surface area contributed by atoms with Crippen LogP contribution in [0.15, 0.2) is 6.20 Å². The van der Waals surface area contributed by atoms with Gasteiger partial charge >= 0.3 is 0 Å². The summed E-state index contributed by atoms with van der Waals surface area (Å²) in [6, 6.07) is 0. The zero-order valence-electron chi connectivity index (χ0n) is 8.99. The zero-order chi connectivity index (χ0) is 10.3. The van der Waals surface area contributed by atoms with Crippen LogP contribution in [-0.4, -0.2) is 26.0 Å². The molecule has 14 heavy (non-hydrogen) atoms. The predicted octanol–water partition coefficient (Wildman–Crippen LogP) is 1.44. The fourth-order valence-electron chi connectivity index (χ4n) is 1.82. The number of rotatable bonds is 2. The molecule has 0 bridgehead atoms. The van der Waals surface area contributed by atoms with E-state index in [-0.39, 0.29) is 5.54 Å². The Hall–Kier alpha value is -0.480. The van der Waals surface area contributed by atoms with Gasteiger partial charge in [-0.1, -0.05) is 0 Å². The van der Waals surface area contributed by atoms with Crippen molar-refractivity contribution in [3.63, 3.8) is 0 Å². The van der Waals surface area contributed by atoms with Gasteiger partial charge in [0.05, 0.1) is 5.69 Å². The Labute approximate surface area is 90.5 Å². The molecule has 1 aliphatic rings. The van der Waals surface area contributed by atoms with Gasteiger partial charge in [0, 0.05) is 43.2 Å². The van der Waals surface area contributed by atoms with Gasteiger partial charge in [-0.3, -0.25) is 9.58 Å². The van der Waals surface area contributed by atoms with E-state index in [1.807, 2.05) is 11.7 Å². The van der Waals surface area contributed by atoms with Crippen LogP contribution in [0.2, 0.25) is 0 Å². The summed E-state index contributed by atoms with van der Waals surface area (Å²) in [7, 11) is 1.98. The third-order valence-corrected chi connectivity index (χ3v) is 3.71. The Balaban J connectivity index is 2.16. The largest absolute Gasteiger partial charge is 0.287 e. The van der Waals surface area contributed by atoms with Crippen molar-refractivity contribution >= 4 is 12.6 Å². The average molecular weight is 211 g/mol. The first-order valence-electron chi connectivity index (χ1n) is 4.90. The van der Waals surface area contributed by atoms with E-state index in [1.165, 1.54) is 11.3 Å². The molecule has 1 aliphatic heterocycles. The topological polar surface area (TPSA) is 21.1 Å². The number of fused-ring (bicyclic) bond motifs is 1. The van der Waals surface area contributed by atoms with Gasteiger partial charge in [-0.05, 0) is 13.8 Å². The Morgan fingerprint density at radius 3 is 2.79 bits per heavy atom. The Bertz CT molecular complexity index is 320. The molecule has 0 fully saturated rings. The van der Waals surface area contributed by atoms with E-state index in [0.29, 0.717) is 0 Å². The van der Waals surface area contributed by atoms with E-state index in [2.05, 4.69) is 42.7 Å². The second kappa shape index (κ2) is 3.28. The molecular weight excluding hydrogens is 194 g/mol. The van der Waals surface area contributed by atoms with Crippen molar-refractivity contribution in [2.24, 2.45) is 7.05 Å². The van der Waals surface area contributed by atoms with Crippen molar-refractivity contribution < 1.29 is 0 Å². The highest BCUT2D eigenvalue weighted by atomic mass is 32.1. The van der Waals surface area contributed by atoms with E-state index in [9.17, 15) is 0 Å². The smallest absolute Gasteiger partial charge is 0.0809 e. The summed E-state index contributed by atoms with van der Waals surface area (Å²) in [6.45, 7) is 6.43. The predicted molar refractivity (Wildman–Crippen MR) is 60.4 cm³/mol. The molecule has 0 saturated heterocycles. The van der Waals surface area contributed by atoms with Crippen molar-refractivity contribution in [1.82, 2.24) is 14.7 Å². The van der Waals surface area contributed by atoms with Crippen LogP contribution in [0.1, 0.15) is 25.1 Å². The van der Waals surface area contributed by atoms with Gasteiger partial charge in [-0.2, -0.15) is 17.7 Å². The highest BCUT2D eigenvalue weighted by Crippen LogP contribution is 2.28. The van der Waals surface area contributed by atoms with Crippen LogP contribution in [0, 0.1) is 0 Å². The number of nitrogens with zero attached hydrogens (tertiary/aromatic N) is 3. The minimum atomic E-state index is 0.162. The van der Waals surface area contributed by atoms with Crippen LogP contribution in [0.4, 0.5) is 0 Å². The first kappa shape index (κ1) is 10.1. The molecule has 0 unspecified atom stereocenters. The first-order valence-corrected chi connectivity index (χ1v) is 5.53. The van der Waals surface area contributed by atoms with Crippen molar-refractivity contribution in [1.29, 1.82) is 0 Å². The normalized spacial score (nSPS) is 17.4. The van der Waals surface area contributed by atoms with Crippen molar-refractivity contribution in [2.75, 3.05) is 5.75 Å². The second-order valence-electron chi connectivity index (χ2n) is 4.60. The summed E-state index contributed by atoms with van der Waals surface area (Å²) in [5, 5.41) is 4.44. The first-order chi connectivity index (χ1) is 6.53. The Kier molecular flexibility index (Phi) is 2.35. The minimum Gasteiger partial charge on any atom is -0.287 e. The lowest BCUT2D eigenvalue weighted by atomic mass is 10.1. The molecule has 0 amide bonds. The maximum absolute atomic E-state index is 4.44. The molecule has 3 nitrogen and oxygen atoms in total. The summed E-state index contributed by atoms with van der Waals surface area (Å²) >= 11 is 4.39. The van der Waals surface area contributed by atoms with E-state index in [0.717, 1.165) is 18.8 Å². The fraction of sp³-hybridized carbons (Fsp3) is 0.700. The van der Waals surface area contributed by atoms with Gasteiger partial charge in [0.25, 0.3) is 0 Å². The summed E-state index contributed by atoms with van der Waals surface area (Å²) in [4.78, 5) is 2.43. The molecule has 2 heterocycles. The van der Waals surface area contributed by atoms with Crippen LogP contribution < -0.4 is 0 Å². The zero-order valence-corrected chi connectivity index (χ0v) is 9.88. The van der Waals surface area contributed by atoms with E-state index >= 15 is 0 Å². The number of hydrogen-bond acceptors (Lipinski definition) is 3. The minimum absolute atomic E-state index is 0.162. The maximum Gasteiger partial charge on any atom is 0.0809 e. The third-order valence-electron chi connectivity index (χ3n) is 2.94. The lowest BCUT2D eigenvalue weighted by molar-refractivity contribution is 0.139.